The van der Waals surface area contributed by atoms with Crippen LogP contribution in [-0.2, 0) is 10.5 Å². The monoisotopic (exact) mass is 449 g/mol. The Balaban J connectivity index is 1.62. The Bertz CT molecular complexity index is 994. The predicted molar refractivity (Wildman–Crippen MR) is 120 cm³/mol. The van der Waals surface area contributed by atoms with Gasteiger partial charge in [-0.15, -0.1) is 0 Å². The number of hydrogen-bond acceptors (Lipinski definition) is 5. The van der Waals surface area contributed by atoms with Crippen molar-refractivity contribution in [2.75, 3.05) is 17.7 Å². The first-order valence-corrected chi connectivity index (χ1v) is 11.4. The fourth-order valence-corrected chi connectivity index (χ4v) is 4.97. The number of carbonyl (C=O) groups is 1. The molecule has 4 nitrogen and oxygen atoms in total. The second kappa shape index (κ2) is 9.69. The number of nitrogens with zero attached hydrogens (tertiary/aromatic N) is 3. The topological polar surface area (TPSA) is 46.1 Å². The van der Waals surface area contributed by atoms with Gasteiger partial charge in [-0.2, -0.15) is 11.8 Å². The number of carbonyl (C=O) groups excluding carboxylic acids is 1. The normalized spacial score (nSPS) is 12.0. The van der Waals surface area contributed by atoms with Crippen LogP contribution in [0.1, 0.15) is 18.2 Å². The molecule has 29 heavy (non-hydrogen) atoms. The van der Waals surface area contributed by atoms with E-state index in [-0.39, 0.29) is 11.8 Å². The van der Waals surface area contributed by atoms with Crippen molar-refractivity contribution < 1.29 is 9.18 Å². The number of thioether (sulfide) groups is 1. The van der Waals surface area contributed by atoms with Gasteiger partial charge in [0.2, 0.25) is 5.91 Å². The number of rotatable bonds is 7. The van der Waals surface area contributed by atoms with Crippen LogP contribution in [0, 0.1) is 18.7 Å². The standard InChI is InChI=1S/C21H21ClFN3OS2/c1-13(11-28-12-15-4-6-17(22)7-5-15)20(27)26(3)21-14(2)25-19(29-21)16-8-18(23)10-24-9-16/h4-10,13H,11-12H2,1-3H3. The van der Waals surface area contributed by atoms with Crippen molar-refractivity contribution in [1.29, 1.82) is 0 Å². The minimum atomic E-state index is -0.410. The van der Waals surface area contributed by atoms with Gasteiger partial charge in [0.05, 0.1) is 11.9 Å². The molecule has 1 unspecified atom stereocenters. The molecule has 0 radical (unpaired) electrons. The Morgan fingerprint density at radius 1 is 1.31 bits per heavy atom. The molecule has 3 aromatic rings. The fraction of sp³-hybridized carbons (Fsp3) is 0.286. The summed E-state index contributed by atoms with van der Waals surface area (Å²) in [5.74, 6) is 1.02. The molecule has 0 saturated carbocycles. The smallest absolute Gasteiger partial charge is 0.231 e. The quantitative estimate of drug-likeness (QED) is 0.454. The summed E-state index contributed by atoms with van der Waals surface area (Å²) in [5, 5.41) is 2.13. The largest absolute Gasteiger partial charge is 0.305 e. The summed E-state index contributed by atoms with van der Waals surface area (Å²) in [7, 11) is 1.76. The van der Waals surface area contributed by atoms with Crippen LogP contribution in [0.2, 0.25) is 5.02 Å². The summed E-state index contributed by atoms with van der Waals surface area (Å²) in [6.07, 6.45) is 2.73. The van der Waals surface area contributed by atoms with E-state index in [4.69, 9.17) is 11.6 Å². The molecule has 0 spiro atoms. The minimum Gasteiger partial charge on any atom is -0.305 e. The maximum atomic E-state index is 13.5. The summed E-state index contributed by atoms with van der Waals surface area (Å²) < 4.78 is 13.5. The molecule has 1 amide bonds. The van der Waals surface area contributed by atoms with Gasteiger partial charge in [-0.25, -0.2) is 9.37 Å². The number of thiazole rings is 1. The minimum absolute atomic E-state index is 0.0317. The van der Waals surface area contributed by atoms with Gasteiger partial charge < -0.3 is 4.90 Å². The molecule has 0 bridgehead atoms. The first kappa shape index (κ1) is 21.7. The third-order valence-electron chi connectivity index (χ3n) is 4.33. The van der Waals surface area contributed by atoms with E-state index in [0.29, 0.717) is 16.3 Å². The Morgan fingerprint density at radius 2 is 2.03 bits per heavy atom. The average molecular weight is 450 g/mol. The van der Waals surface area contributed by atoms with E-state index in [1.165, 1.54) is 23.0 Å². The highest BCUT2D eigenvalue weighted by atomic mass is 35.5. The van der Waals surface area contributed by atoms with Gasteiger partial charge in [0.15, 0.2) is 0 Å². The maximum Gasteiger partial charge on any atom is 0.231 e. The Hall–Kier alpha value is -1.96. The van der Waals surface area contributed by atoms with E-state index in [2.05, 4.69) is 9.97 Å². The zero-order valence-electron chi connectivity index (χ0n) is 16.4. The number of anilines is 1. The number of aromatic nitrogens is 2. The van der Waals surface area contributed by atoms with Crippen LogP contribution in [0.3, 0.4) is 0 Å². The van der Waals surface area contributed by atoms with Crippen LogP contribution in [-0.4, -0.2) is 28.7 Å². The number of hydrogen-bond donors (Lipinski definition) is 0. The highest BCUT2D eigenvalue weighted by Crippen LogP contribution is 2.34. The lowest BCUT2D eigenvalue weighted by atomic mass is 10.2. The number of pyridine rings is 1. The highest BCUT2D eigenvalue weighted by Gasteiger charge is 2.23. The van der Waals surface area contributed by atoms with Crippen molar-refractivity contribution in [1.82, 2.24) is 9.97 Å². The summed E-state index contributed by atoms with van der Waals surface area (Å²) in [4.78, 5) is 22.9. The lowest BCUT2D eigenvalue weighted by Gasteiger charge is -2.20. The summed E-state index contributed by atoms with van der Waals surface area (Å²) >= 11 is 8.99. The molecule has 0 saturated heterocycles. The fourth-order valence-electron chi connectivity index (χ4n) is 2.79. The molecule has 152 valence electrons. The SMILES string of the molecule is Cc1nc(-c2cncc(F)c2)sc1N(C)C(=O)C(C)CSCc1ccc(Cl)cc1. The van der Waals surface area contributed by atoms with E-state index in [0.717, 1.165) is 27.7 Å². The Morgan fingerprint density at radius 3 is 2.72 bits per heavy atom. The molecule has 2 heterocycles. The van der Waals surface area contributed by atoms with E-state index in [9.17, 15) is 9.18 Å². The summed E-state index contributed by atoms with van der Waals surface area (Å²) in [5.41, 5.74) is 2.53. The second-order valence-electron chi connectivity index (χ2n) is 6.74. The van der Waals surface area contributed by atoms with E-state index >= 15 is 0 Å². The summed E-state index contributed by atoms with van der Waals surface area (Å²) in [6, 6.07) is 9.14. The van der Waals surface area contributed by atoms with Gasteiger partial charge >= 0.3 is 0 Å². The Labute approximate surface area is 183 Å². The van der Waals surface area contributed by atoms with Crippen LogP contribution in [0.5, 0.6) is 0 Å². The first-order chi connectivity index (χ1) is 13.8. The van der Waals surface area contributed by atoms with Crippen molar-refractivity contribution >= 4 is 45.6 Å². The zero-order chi connectivity index (χ0) is 21.0. The molecule has 8 heteroatoms. The van der Waals surface area contributed by atoms with Crippen LogP contribution < -0.4 is 4.90 Å². The van der Waals surface area contributed by atoms with Crippen molar-refractivity contribution in [3.05, 3.63) is 64.8 Å². The van der Waals surface area contributed by atoms with Crippen molar-refractivity contribution in [2.45, 2.75) is 19.6 Å². The predicted octanol–water partition coefficient (Wildman–Crippen LogP) is 5.84. The summed E-state index contributed by atoms with van der Waals surface area (Å²) in [6.45, 7) is 3.78. The second-order valence-corrected chi connectivity index (χ2v) is 9.19. The molecule has 0 aliphatic heterocycles. The lowest BCUT2D eigenvalue weighted by Crippen LogP contribution is -2.32. The molecular weight excluding hydrogens is 429 g/mol. The van der Waals surface area contributed by atoms with Crippen molar-refractivity contribution in [2.24, 2.45) is 5.92 Å². The van der Waals surface area contributed by atoms with Crippen molar-refractivity contribution in [3.63, 3.8) is 0 Å². The van der Waals surface area contributed by atoms with E-state index in [1.807, 2.05) is 38.1 Å². The molecule has 0 N–H and O–H groups in total. The van der Waals surface area contributed by atoms with E-state index in [1.54, 1.807) is 29.9 Å². The van der Waals surface area contributed by atoms with E-state index < -0.39 is 5.82 Å². The zero-order valence-corrected chi connectivity index (χ0v) is 18.7. The molecule has 2 aromatic heterocycles. The molecule has 1 atom stereocenters. The number of aryl methyl sites for hydroxylation is 1. The number of halogens is 2. The van der Waals surface area contributed by atoms with Crippen LogP contribution >= 0.6 is 34.7 Å². The first-order valence-electron chi connectivity index (χ1n) is 9.03. The number of amides is 1. The molecule has 0 aliphatic carbocycles. The van der Waals surface area contributed by atoms with Crippen LogP contribution in [0.15, 0.2) is 42.7 Å². The highest BCUT2D eigenvalue weighted by molar-refractivity contribution is 7.98. The van der Waals surface area contributed by atoms with Gasteiger partial charge in [0.25, 0.3) is 0 Å². The van der Waals surface area contributed by atoms with Gasteiger partial charge in [0.1, 0.15) is 15.8 Å². The molecule has 0 fully saturated rings. The lowest BCUT2D eigenvalue weighted by molar-refractivity contribution is -0.120. The van der Waals surface area contributed by atoms with Crippen LogP contribution in [0.4, 0.5) is 9.39 Å². The molecule has 3 rings (SSSR count). The van der Waals surface area contributed by atoms with Gasteiger partial charge in [0, 0.05) is 41.3 Å². The van der Waals surface area contributed by atoms with Gasteiger partial charge in [-0.05, 0) is 30.7 Å². The maximum absolute atomic E-state index is 13.5. The molecule has 1 aromatic carbocycles. The Kier molecular flexibility index (Phi) is 7.27. The average Bonchev–Trinajstić information content (AvgIpc) is 3.10. The number of benzene rings is 1. The van der Waals surface area contributed by atoms with Crippen molar-refractivity contribution in [3.8, 4) is 10.6 Å². The third kappa shape index (κ3) is 5.56. The molecule has 0 aliphatic rings. The third-order valence-corrected chi connectivity index (χ3v) is 7.14. The van der Waals surface area contributed by atoms with Gasteiger partial charge in [-0.1, -0.05) is 42.0 Å². The van der Waals surface area contributed by atoms with Crippen LogP contribution in [0.25, 0.3) is 10.6 Å². The van der Waals surface area contributed by atoms with Gasteiger partial charge in [-0.3, -0.25) is 9.78 Å². The molecular formula is C21H21ClFN3OS2.